The monoisotopic (exact) mass is 290 g/mol. The van der Waals surface area contributed by atoms with Crippen LogP contribution in [-0.2, 0) is 11.3 Å². The number of hydrogen-bond donors (Lipinski definition) is 2. The van der Waals surface area contributed by atoms with Crippen molar-refractivity contribution < 1.29 is 9.53 Å². The van der Waals surface area contributed by atoms with Crippen molar-refractivity contribution in [3.63, 3.8) is 0 Å². The van der Waals surface area contributed by atoms with Gasteiger partial charge in [-0.3, -0.25) is 4.79 Å². The van der Waals surface area contributed by atoms with Crippen LogP contribution in [0, 0.1) is 11.8 Å². The second-order valence-electron chi connectivity index (χ2n) is 6.17. The highest BCUT2D eigenvalue weighted by Gasteiger charge is 2.25. The van der Waals surface area contributed by atoms with Gasteiger partial charge in [0.15, 0.2) is 6.61 Å². The van der Waals surface area contributed by atoms with Gasteiger partial charge in [-0.05, 0) is 48.8 Å². The van der Waals surface area contributed by atoms with E-state index in [9.17, 15) is 4.79 Å². The first kappa shape index (κ1) is 15.8. The zero-order valence-electron chi connectivity index (χ0n) is 13.0. The summed E-state index contributed by atoms with van der Waals surface area (Å²) in [6.45, 7) is 5.14. The number of ether oxygens (including phenoxy) is 1. The zero-order valence-corrected chi connectivity index (χ0v) is 13.0. The standard InChI is InChI=1S/C17H26N2O2/c1-12-3-6-15(9-13(12)2)19-17(20)11-21-16-7-4-14(10-18)5-8-16/h4-5,7-8,12-13,15H,3,6,9-11,18H2,1-2H3,(H,19,20). The SMILES string of the molecule is CC1CCC(NC(=O)COc2ccc(CN)cc2)CC1C. The topological polar surface area (TPSA) is 64.3 Å². The summed E-state index contributed by atoms with van der Waals surface area (Å²) in [6.07, 6.45) is 3.33. The molecule has 116 valence electrons. The first-order chi connectivity index (χ1) is 10.1. The van der Waals surface area contributed by atoms with Gasteiger partial charge >= 0.3 is 0 Å². The second kappa shape index (κ2) is 7.46. The molecular formula is C17H26N2O2. The predicted octanol–water partition coefficient (Wildman–Crippen LogP) is 2.46. The number of amides is 1. The molecule has 0 aromatic heterocycles. The molecule has 1 aromatic carbocycles. The van der Waals surface area contributed by atoms with E-state index in [1.807, 2.05) is 24.3 Å². The molecule has 0 spiro atoms. The largest absolute Gasteiger partial charge is 0.484 e. The molecule has 1 saturated carbocycles. The van der Waals surface area contributed by atoms with Gasteiger partial charge in [-0.1, -0.05) is 26.0 Å². The summed E-state index contributed by atoms with van der Waals surface area (Å²) >= 11 is 0. The number of benzene rings is 1. The first-order valence-corrected chi connectivity index (χ1v) is 7.79. The number of carbonyl (C=O) groups excluding carboxylic acids is 1. The van der Waals surface area contributed by atoms with E-state index in [0.717, 1.165) is 24.3 Å². The maximum absolute atomic E-state index is 11.9. The Morgan fingerprint density at radius 3 is 2.57 bits per heavy atom. The van der Waals surface area contributed by atoms with Gasteiger partial charge in [0.2, 0.25) is 0 Å². The number of hydrogen-bond acceptors (Lipinski definition) is 3. The molecule has 4 heteroatoms. The second-order valence-corrected chi connectivity index (χ2v) is 6.17. The van der Waals surface area contributed by atoms with Crippen LogP contribution < -0.4 is 15.8 Å². The van der Waals surface area contributed by atoms with Crippen LogP contribution in [-0.4, -0.2) is 18.6 Å². The van der Waals surface area contributed by atoms with E-state index in [1.54, 1.807) is 0 Å². The third-order valence-electron chi connectivity index (χ3n) is 4.49. The van der Waals surface area contributed by atoms with E-state index in [4.69, 9.17) is 10.5 Å². The molecule has 2 rings (SSSR count). The highest BCUT2D eigenvalue weighted by molar-refractivity contribution is 5.77. The Morgan fingerprint density at radius 1 is 1.24 bits per heavy atom. The van der Waals surface area contributed by atoms with Crippen molar-refractivity contribution in [2.45, 2.75) is 45.7 Å². The van der Waals surface area contributed by atoms with Gasteiger partial charge in [0, 0.05) is 12.6 Å². The van der Waals surface area contributed by atoms with Gasteiger partial charge in [0.25, 0.3) is 5.91 Å². The Kier molecular flexibility index (Phi) is 5.62. The van der Waals surface area contributed by atoms with Gasteiger partial charge in [-0.25, -0.2) is 0 Å². The smallest absolute Gasteiger partial charge is 0.258 e. The summed E-state index contributed by atoms with van der Waals surface area (Å²) in [5, 5.41) is 3.08. The maximum Gasteiger partial charge on any atom is 0.258 e. The van der Waals surface area contributed by atoms with Gasteiger partial charge in [-0.2, -0.15) is 0 Å². The Balaban J connectivity index is 1.74. The number of nitrogens with two attached hydrogens (primary N) is 1. The van der Waals surface area contributed by atoms with Gasteiger partial charge in [-0.15, -0.1) is 0 Å². The number of nitrogens with one attached hydrogen (secondary N) is 1. The fourth-order valence-electron chi connectivity index (χ4n) is 2.82. The lowest BCUT2D eigenvalue weighted by atomic mass is 9.79. The quantitative estimate of drug-likeness (QED) is 0.875. The van der Waals surface area contributed by atoms with Crippen LogP contribution in [0.1, 0.15) is 38.7 Å². The average molecular weight is 290 g/mol. The molecule has 0 radical (unpaired) electrons. The van der Waals surface area contributed by atoms with Gasteiger partial charge in [0.1, 0.15) is 5.75 Å². The van der Waals surface area contributed by atoms with E-state index in [-0.39, 0.29) is 12.5 Å². The zero-order chi connectivity index (χ0) is 15.2. The molecule has 0 aliphatic heterocycles. The summed E-state index contributed by atoms with van der Waals surface area (Å²) in [4.78, 5) is 11.9. The molecule has 1 amide bonds. The lowest BCUT2D eigenvalue weighted by Crippen LogP contribution is -2.41. The van der Waals surface area contributed by atoms with E-state index in [1.165, 1.54) is 6.42 Å². The van der Waals surface area contributed by atoms with Crippen LogP contribution in [0.25, 0.3) is 0 Å². The summed E-state index contributed by atoms with van der Waals surface area (Å²) in [5.74, 6) is 2.10. The molecule has 0 bridgehead atoms. The Bertz CT molecular complexity index is 458. The molecule has 1 aliphatic carbocycles. The number of rotatable bonds is 5. The third-order valence-corrected chi connectivity index (χ3v) is 4.49. The fraction of sp³-hybridized carbons (Fsp3) is 0.588. The molecular weight excluding hydrogens is 264 g/mol. The van der Waals surface area contributed by atoms with Crippen molar-refractivity contribution in [2.75, 3.05) is 6.61 Å². The molecule has 4 nitrogen and oxygen atoms in total. The number of carbonyl (C=O) groups is 1. The normalized spacial score (nSPS) is 25.4. The van der Waals surface area contributed by atoms with Crippen molar-refractivity contribution in [2.24, 2.45) is 17.6 Å². The lowest BCUT2D eigenvalue weighted by Gasteiger charge is -2.32. The third kappa shape index (κ3) is 4.74. The van der Waals surface area contributed by atoms with E-state index in [0.29, 0.717) is 24.3 Å². The minimum Gasteiger partial charge on any atom is -0.484 e. The predicted molar refractivity (Wildman–Crippen MR) is 83.9 cm³/mol. The van der Waals surface area contributed by atoms with Crippen LogP contribution >= 0.6 is 0 Å². The average Bonchev–Trinajstić information content (AvgIpc) is 2.49. The van der Waals surface area contributed by atoms with Gasteiger partial charge in [0.05, 0.1) is 0 Å². The molecule has 1 aromatic rings. The van der Waals surface area contributed by atoms with Gasteiger partial charge < -0.3 is 15.8 Å². The van der Waals surface area contributed by atoms with Crippen LogP contribution in [0.15, 0.2) is 24.3 Å². The Hall–Kier alpha value is -1.55. The molecule has 1 aliphatic rings. The van der Waals surface area contributed by atoms with E-state index in [2.05, 4.69) is 19.2 Å². The minimum atomic E-state index is -0.0374. The molecule has 21 heavy (non-hydrogen) atoms. The van der Waals surface area contributed by atoms with Crippen LogP contribution in [0.4, 0.5) is 0 Å². The highest BCUT2D eigenvalue weighted by Crippen LogP contribution is 2.29. The van der Waals surface area contributed by atoms with E-state index >= 15 is 0 Å². The van der Waals surface area contributed by atoms with E-state index < -0.39 is 0 Å². The molecule has 3 atom stereocenters. The van der Waals surface area contributed by atoms with Crippen LogP contribution in [0.5, 0.6) is 5.75 Å². The summed E-state index contributed by atoms with van der Waals surface area (Å²) in [6, 6.07) is 7.82. The van der Waals surface area contributed by atoms with Crippen molar-refractivity contribution in [3.05, 3.63) is 29.8 Å². The fourth-order valence-corrected chi connectivity index (χ4v) is 2.82. The Morgan fingerprint density at radius 2 is 1.95 bits per heavy atom. The molecule has 1 fully saturated rings. The maximum atomic E-state index is 11.9. The van der Waals surface area contributed by atoms with Crippen LogP contribution in [0.3, 0.4) is 0 Å². The van der Waals surface area contributed by atoms with Crippen molar-refractivity contribution in [1.29, 1.82) is 0 Å². The summed E-state index contributed by atoms with van der Waals surface area (Å²) in [5.41, 5.74) is 6.60. The summed E-state index contributed by atoms with van der Waals surface area (Å²) < 4.78 is 5.50. The molecule has 0 saturated heterocycles. The van der Waals surface area contributed by atoms with Crippen molar-refractivity contribution in [3.8, 4) is 5.75 Å². The summed E-state index contributed by atoms with van der Waals surface area (Å²) in [7, 11) is 0. The lowest BCUT2D eigenvalue weighted by molar-refractivity contribution is -0.124. The molecule has 0 heterocycles. The highest BCUT2D eigenvalue weighted by atomic mass is 16.5. The molecule has 3 unspecified atom stereocenters. The Labute approximate surface area is 127 Å². The molecule has 3 N–H and O–H groups in total. The van der Waals surface area contributed by atoms with Crippen molar-refractivity contribution in [1.82, 2.24) is 5.32 Å². The van der Waals surface area contributed by atoms with Crippen molar-refractivity contribution >= 4 is 5.91 Å². The first-order valence-electron chi connectivity index (χ1n) is 7.79. The van der Waals surface area contributed by atoms with Crippen LogP contribution in [0.2, 0.25) is 0 Å². The minimum absolute atomic E-state index is 0.0374.